The molecule has 0 atom stereocenters. The number of guanidine groups is 1. The summed E-state index contributed by atoms with van der Waals surface area (Å²) in [7, 11) is 0. The maximum absolute atomic E-state index is 10.7. The van der Waals surface area contributed by atoms with E-state index in [0.717, 1.165) is 29.8 Å². The molecule has 0 fully saturated rings. The van der Waals surface area contributed by atoms with Crippen molar-refractivity contribution in [1.82, 2.24) is 20.4 Å². The Labute approximate surface area is 165 Å². The summed E-state index contributed by atoms with van der Waals surface area (Å²) < 4.78 is 7.38. The minimum atomic E-state index is -0.456. The van der Waals surface area contributed by atoms with E-state index in [0.29, 0.717) is 32.2 Å². The Hall–Kier alpha value is -3.10. The molecule has 152 valence electrons. The molecule has 1 aromatic carbocycles. The van der Waals surface area contributed by atoms with E-state index in [-0.39, 0.29) is 5.69 Å². The first-order valence-electron chi connectivity index (χ1n) is 9.44. The number of nitrogens with zero attached hydrogens (tertiary/aromatic N) is 4. The fourth-order valence-electron chi connectivity index (χ4n) is 2.50. The number of ether oxygens (including phenoxy) is 1. The lowest BCUT2D eigenvalue weighted by Crippen LogP contribution is -2.38. The van der Waals surface area contributed by atoms with Gasteiger partial charge in [0, 0.05) is 18.7 Å². The second-order valence-corrected chi connectivity index (χ2v) is 6.30. The van der Waals surface area contributed by atoms with E-state index in [1.165, 1.54) is 17.1 Å². The summed E-state index contributed by atoms with van der Waals surface area (Å²) >= 11 is 0. The minimum absolute atomic E-state index is 0.0143. The van der Waals surface area contributed by atoms with Crippen molar-refractivity contribution in [2.45, 2.75) is 40.3 Å². The van der Waals surface area contributed by atoms with Crippen molar-refractivity contribution in [3.05, 3.63) is 51.8 Å². The molecule has 2 N–H and O–H groups in total. The third kappa shape index (κ3) is 6.57. The highest BCUT2D eigenvalue weighted by atomic mass is 16.6. The Bertz CT molecular complexity index is 803. The molecule has 9 nitrogen and oxygen atoms in total. The van der Waals surface area contributed by atoms with Crippen LogP contribution in [0.3, 0.4) is 0 Å². The lowest BCUT2D eigenvalue weighted by molar-refractivity contribution is -0.385. The smallest absolute Gasteiger partial charge is 0.306 e. The molecule has 1 heterocycles. The van der Waals surface area contributed by atoms with Crippen molar-refractivity contribution in [3.63, 3.8) is 0 Å². The van der Waals surface area contributed by atoms with Crippen molar-refractivity contribution in [2.24, 2.45) is 4.99 Å². The van der Waals surface area contributed by atoms with E-state index in [4.69, 9.17) is 4.74 Å². The van der Waals surface area contributed by atoms with Gasteiger partial charge in [-0.2, -0.15) is 5.10 Å². The maximum atomic E-state index is 10.7. The molecule has 0 saturated carbocycles. The van der Waals surface area contributed by atoms with Crippen molar-refractivity contribution >= 4 is 11.6 Å². The third-order valence-corrected chi connectivity index (χ3v) is 3.90. The van der Waals surface area contributed by atoms with E-state index in [1.54, 1.807) is 0 Å². The molecule has 2 rings (SSSR count). The number of benzene rings is 1. The number of aliphatic imine (C=N–C) groups is 1. The zero-order valence-electron chi connectivity index (χ0n) is 16.6. The predicted octanol–water partition coefficient (Wildman–Crippen LogP) is 2.64. The van der Waals surface area contributed by atoms with Crippen LogP contribution in [0.1, 0.15) is 31.4 Å². The topological polar surface area (TPSA) is 107 Å². The molecule has 0 bridgehead atoms. The van der Waals surface area contributed by atoms with Gasteiger partial charge in [-0.15, -0.1) is 0 Å². The monoisotopic (exact) mass is 388 g/mol. The molecule has 0 aliphatic rings. The fraction of sp³-hybridized carbons (Fsp3) is 0.474. The summed E-state index contributed by atoms with van der Waals surface area (Å²) in [6.07, 6.45) is 3.61. The highest BCUT2D eigenvalue weighted by Crippen LogP contribution is 2.21. The number of nitrogens with one attached hydrogen (secondary N) is 2. The number of hydrogen-bond acceptors (Lipinski definition) is 5. The van der Waals surface area contributed by atoms with Crippen molar-refractivity contribution < 1.29 is 9.66 Å². The average molecular weight is 388 g/mol. The summed E-state index contributed by atoms with van der Waals surface area (Å²) in [5, 5.41) is 21.1. The number of aromatic nitrogens is 2. The predicted molar refractivity (Wildman–Crippen MR) is 109 cm³/mol. The number of rotatable bonds is 10. The Balaban J connectivity index is 1.96. The molecule has 9 heteroatoms. The summed E-state index contributed by atoms with van der Waals surface area (Å²) in [6.45, 7) is 9.04. The molecule has 0 spiro atoms. The fourth-order valence-corrected chi connectivity index (χ4v) is 2.50. The van der Waals surface area contributed by atoms with Crippen LogP contribution in [0.4, 0.5) is 5.69 Å². The molecule has 2 aromatic rings. The van der Waals surface area contributed by atoms with Crippen LogP contribution in [-0.2, 0) is 13.1 Å². The van der Waals surface area contributed by atoms with Crippen LogP contribution >= 0.6 is 0 Å². The van der Waals surface area contributed by atoms with Gasteiger partial charge in [0.1, 0.15) is 18.1 Å². The van der Waals surface area contributed by atoms with Gasteiger partial charge in [0.05, 0.1) is 24.6 Å². The van der Waals surface area contributed by atoms with E-state index < -0.39 is 4.92 Å². The van der Waals surface area contributed by atoms with Gasteiger partial charge in [-0.05, 0) is 31.9 Å². The van der Waals surface area contributed by atoms with Gasteiger partial charge in [-0.1, -0.05) is 19.1 Å². The van der Waals surface area contributed by atoms with Crippen LogP contribution in [-0.4, -0.2) is 40.4 Å². The van der Waals surface area contributed by atoms with Crippen LogP contribution in [0.15, 0.2) is 35.6 Å². The number of hydrogen-bond donors (Lipinski definition) is 2. The summed E-state index contributed by atoms with van der Waals surface area (Å²) in [4.78, 5) is 14.9. The maximum Gasteiger partial charge on any atom is 0.306 e. The standard InChI is InChI=1S/C19H28N6O3/c1-4-10-28-18-11-15(3)6-7-16(18)12-22-19(20-5-2)21-8-9-24-14-17(13-23-24)25(26)27/h6-7,11,13-14H,4-5,8-10,12H2,1-3H3,(H2,20,21,22). The molecular weight excluding hydrogens is 360 g/mol. The van der Waals surface area contributed by atoms with Crippen molar-refractivity contribution in [2.75, 3.05) is 19.7 Å². The van der Waals surface area contributed by atoms with Crippen LogP contribution in [0, 0.1) is 17.0 Å². The van der Waals surface area contributed by atoms with Gasteiger partial charge in [0.15, 0.2) is 5.96 Å². The first-order valence-corrected chi connectivity index (χ1v) is 9.44. The lowest BCUT2D eigenvalue weighted by atomic mass is 10.1. The zero-order valence-corrected chi connectivity index (χ0v) is 16.6. The normalized spacial score (nSPS) is 11.3. The SMILES string of the molecule is CCCOc1cc(C)ccc1CN=C(NCC)NCCn1cc([N+](=O)[O-])cn1. The van der Waals surface area contributed by atoms with E-state index in [9.17, 15) is 10.1 Å². The van der Waals surface area contributed by atoms with Gasteiger partial charge in [-0.3, -0.25) is 14.8 Å². The number of nitro groups is 1. The van der Waals surface area contributed by atoms with Gasteiger partial charge in [0.25, 0.3) is 0 Å². The van der Waals surface area contributed by atoms with Gasteiger partial charge < -0.3 is 15.4 Å². The van der Waals surface area contributed by atoms with Gasteiger partial charge in [-0.25, -0.2) is 4.99 Å². The zero-order chi connectivity index (χ0) is 20.4. The molecule has 0 radical (unpaired) electrons. The molecule has 1 aromatic heterocycles. The molecule has 0 unspecified atom stereocenters. The quantitative estimate of drug-likeness (QED) is 0.280. The van der Waals surface area contributed by atoms with Crippen LogP contribution < -0.4 is 15.4 Å². The highest BCUT2D eigenvalue weighted by Gasteiger charge is 2.09. The minimum Gasteiger partial charge on any atom is -0.493 e. The van der Waals surface area contributed by atoms with E-state index in [1.807, 2.05) is 26.0 Å². The van der Waals surface area contributed by atoms with Crippen LogP contribution in [0.5, 0.6) is 5.75 Å². The van der Waals surface area contributed by atoms with E-state index >= 15 is 0 Å². The Morgan fingerprint density at radius 3 is 2.86 bits per heavy atom. The molecule has 28 heavy (non-hydrogen) atoms. The summed E-state index contributed by atoms with van der Waals surface area (Å²) in [5.41, 5.74) is 2.16. The first-order chi connectivity index (χ1) is 13.5. The molecule has 0 aliphatic carbocycles. The van der Waals surface area contributed by atoms with Gasteiger partial charge in [0.2, 0.25) is 0 Å². The second kappa shape index (κ2) is 10.9. The highest BCUT2D eigenvalue weighted by molar-refractivity contribution is 5.79. The molecule has 0 amide bonds. The van der Waals surface area contributed by atoms with Gasteiger partial charge >= 0.3 is 5.69 Å². The first kappa shape index (κ1) is 21.2. The Morgan fingerprint density at radius 1 is 1.36 bits per heavy atom. The molecular formula is C19H28N6O3. The molecule has 0 saturated heterocycles. The largest absolute Gasteiger partial charge is 0.493 e. The number of aryl methyl sites for hydroxylation is 1. The second-order valence-electron chi connectivity index (χ2n) is 6.30. The van der Waals surface area contributed by atoms with E-state index in [2.05, 4.69) is 33.7 Å². The van der Waals surface area contributed by atoms with Crippen LogP contribution in [0.25, 0.3) is 0 Å². The Morgan fingerprint density at radius 2 is 2.18 bits per heavy atom. The Kier molecular flexibility index (Phi) is 8.26. The summed E-state index contributed by atoms with van der Waals surface area (Å²) in [6, 6.07) is 6.12. The van der Waals surface area contributed by atoms with Crippen molar-refractivity contribution in [1.29, 1.82) is 0 Å². The molecule has 0 aliphatic heterocycles. The lowest BCUT2D eigenvalue weighted by Gasteiger charge is -2.13. The van der Waals surface area contributed by atoms with Crippen molar-refractivity contribution in [3.8, 4) is 5.75 Å². The third-order valence-electron chi connectivity index (χ3n) is 3.90. The average Bonchev–Trinajstić information content (AvgIpc) is 3.14. The summed E-state index contributed by atoms with van der Waals surface area (Å²) in [5.74, 6) is 1.54. The van der Waals surface area contributed by atoms with Crippen LogP contribution in [0.2, 0.25) is 0 Å².